The van der Waals surface area contributed by atoms with Crippen molar-refractivity contribution in [3.8, 4) is 83.8 Å². The van der Waals surface area contributed by atoms with Gasteiger partial charge in [0.2, 0.25) is 0 Å². The van der Waals surface area contributed by atoms with Gasteiger partial charge in [-0.3, -0.25) is 0 Å². The van der Waals surface area contributed by atoms with E-state index in [9.17, 15) is 0 Å². The number of hydrogen-bond acceptors (Lipinski definition) is 3. The van der Waals surface area contributed by atoms with Gasteiger partial charge in [-0.05, 0) is 290 Å². The third-order valence-electron chi connectivity index (χ3n) is 29.4. The van der Waals surface area contributed by atoms with Crippen molar-refractivity contribution in [2.45, 2.75) is 0 Å². The summed E-state index contributed by atoms with van der Waals surface area (Å²) in [5.41, 5.74) is 35.2. The van der Waals surface area contributed by atoms with Gasteiger partial charge in [0.25, 0.3) is 0 Å². The summed E-state index contributed by atoms with van der Waals surface area (Å²) in [6.07, 6.45) is 0. The monoisotopic (exact) mass is 1860 g/mol. The molecule has 29 aromatic rings. The third kappa shape index (κ3) is 15.5. The molecule has 0 fully saturated rings. The molecule has 0 saturated heterocycles. The summed E-state index contributed by atoms with van der Waals surface area (Å²) >= 11 is 0. The van der Waals surface area contributed by atoms with Crippen LogP contribution in [0.5, 0.6) is 0 Å². The summed E-state index contributed by atoms with van der Waals surface area (Å²) in [6, 6.07) is 206. The summed E-state index contributed by atoms with van der Waals surface area (Å²) in [7, 11) is 0. The molecule has 0 amide bonds. The second-order valence-electron chi connectivity index (χ2n) is 37.9. The fourth-order valence-electron chi connectivity index (χ4n) is 22.5. The minimum Gasteiger partial charge on any atom is -0.310 e. The Morgan fingerprint density at radius 2 is 0.329 bits per heavy atom. The van der Waals surface area contributed by atoms with E-state index in [4.69, 9.17) is 0 Å². The molecule has 3 aromatic heterocycles. The summed E-state index contributed by atoms with van der Waals surface area (Å²) in [6.45, 7) is 0. The Labute approximate surface area is 846 Å². The molecule has 146 heavy (non-hydrogen) atoms. The van der Waals surface area contributed by atoms with Crippen molar-refractivity contribution in [2.24, 2.45) is 0 Å². The molecule has 6 nitrogen and oxygen atoms in total. The number of nitrogens with zero attached hydrogens (tertiary/aromatic N) is 6. The predicted molar refractivity (Wildman–Crippen MR) is 620 cm³/mol. The lowest BCUT2D eigenvalue weighted by Crippen LogP contribution is -2.10. The molecule has 0 saturated carbocycles. The zero-order valence-corrected chi connectivity index (χ0v) is 80.0. The maximum Gasteiger partial charge on any atom is 0.0547 e. The minimum absolute atomic E-state index is 1.10. The predicted octanol–water partition coefficient (Wildman–Crippen LogP) is 38.8. The molecule has 0 aliphatic rings. The lowest BCUT2D eigenvalue weighted by atomic mass is 9.98. The Balaban J connectivity index is 0.000000109. The zero-order chi connectivity index (χ0) is 96.5. The van der Waals surface area contributed by atoms with Crippen LogP contribution in [0.15, 0.2) is 570 Å². The highest BCUT2D eigenvalue weighted by molar-refractivity contribution is 6.27. The molecule has 29 rings (SSSR count). The van der Waals surface area contributed by atoms with Crippen molar-refractivity contribution in [1.82, 2.24) is 13.7 Å². The standard InChI is InChI=1S/2C48H32N2.C44H30N2/c1-2-10-33(11-3-1)34-24-28-39(29-25-34)49(40-30-26-36(27-31-40)44-19-6-13-35-12-4-5-18-43(35)44)41-16-9-17-42(32-41)50-45-20-7-14-37-22-23-38-15-8-21-46(50)48(38)47(37)45;1-2-9-33(10-3-1)35-23-27-41(28-24-35)49(42-29-25-36(26-30-42)40-22-19-34-11-4-5-12-39(34)31-40)43-15-8-16-44(32-43)50-45-17-6-13-37-20-21-38-14-7-18-46(50)48(38)47(37)45;1-3-10-31(11-4-1)33-22-26-37(27-23-33)45(38-28-24-34(25-29-38)32-12-5-2-6-13-32)39-16-9-17-40(30-39)46-41-18-7-14-35-20-21-36-15-8-19-42(46)44(36)43(35)41/h2*1-32H;1-30H. The van der Waals surface area contributed by atoms with Crippen molar-refractivity contribution < 1.29 is 0 Å². The second-order valence-corrected chi connectivity index (χ2v) is 37.9. The van der Waals surface area contributed by atoms with Crippen LogP contribution >= 0.6 is 0 Å². The molecule has 0 aliphatic heterocycles. The van der Waals surface area contributed by atoms with Crippen LogP contribution in [0.3, 0.4) is 0 Å². The highest BCUT2D eigenvalue weighted by Crippen LogP contribution is 2.49. The molecule has 6 heteroatoms. The van der Waals surface area contributed by atoms with Crippen molar-refractivity contribution in [3.63, 3.8) is 0 Å². The first-order valence-electron chi connectivity index (χ1n) is 50.1. The van der Waals surface area contributed by atoms with Gasteiger partial charge in [-0.1, -0.05) is 400 Å². The van der Waals surface area contributed by atoms with Crippen molar-refractivity contribution >= 4 is 170 Å². The van der Waals surface area contributed by atoms with Crippen LogP contribution in [0, 0.1) is 0 Å². The van der Waals surface area contributed by atoms with E-state index < -0.39 is 0 Å². The van der Waals surface area contributed by atoms with Crippen molar-refractivity contribution in [2.75, 3.05) is 14.7 Å². The first-order valence-corrected chi connectivity index (χ1v) is 50.1. The van der Waals surface area contributed by atoms with Crippen molar-refractivity contribution in [1.29, 1.82) is 0 Å². The van der Waals surface area contributed by atoms with Gasteiger partial charge in [0.05, 0.1) is 33.1 Å². The quantitative estimate of drug-likeness (QED) is 0.0801. The average Bonchev–Trinajstić information content (AvgIpc) is 1.57. The van der Waals surface area contributed by atoms with Gasteiger partial charge in [-0.2, -0.15) is 0 Å². The first-order chi connectivity index (χ1) is 72.4. The fraction of sp³-hybridized carbons (Fsp3) is 0. The molecule has 0 N–H and O–H groups in total. The van der Waals surface area contributed by atoms with E-state index >= 15 is 0 Å². The number of aromatic nitrogens is 3. The van der Waals surface area contributed by atoms with Gasteiger partial charge in [0, 0.05) is 101 Å². The first kappa shape index (κ1) is 85.8. The molecule has 0 bridgehead atoms. The van der Waals surface area contributed by atoms with Crippen LogP contribution in [0.2, 0.25) is 0 Å². The van der Waals surface area contributed by atoms with Crippen LogP contribution in [0.4, 0.5) is 51.2 Å². The summed E-state index contributed by atoms with van der Waals surface area (Å²) in [5, 5.41) is 20.6. The molecule has 0 unspecified atom stereocenters. The fourth-order valence-corrected chi connectivity index (χ4v) is 22.5. The van der Waals surface area contributed by atoms with Crippen LogP contribution in [-0.2, 0) is 0 Å². The van der Waals surface area contributed by atoms with E-state index in [1.807, 2.05) is 0 Å². The largest absolute Gasteiger partial charge is 0.310 e. The van der Waals surface area contributed by atoms with Crippen LogP contribution in [0.1, 0.15) is 0 Å². The lowest BCUT2D eigenvalue weighted by molar-refractivity contribution is 1.17. The van der Waals surface area contributed by atoms with E-state index in [1.165, 1.54) is 186 Å². The summed E-state index contributed by atoms with van der Waals surface area (Å²) in [5.74, 6) is 0. The van der Waals surface area contributed by atoms with Gasteiger partial charge in [-0.15, -0.1) is 0 Å². The van der Waals surface area contributed by atoms with Crippen LogP contribution in [0.25, 0.3) is 203 Å². The molecular formula is C140H94N6. The number of anilines is 9. The van der Waals surface area contributed by atoms with Gasteiger partial charge in [0.15, 0.2) is 0 Å². The van der Waals surface area contributed by atoms with Gasteiger partial charge >= 0.3 is 0 Å². The van der Waals surface area contributed by atoms with Gasteiger partial charge in [-0.25, -0.2) is 0 Å². The maximum absolute atomic E-state index is 2.43. The van der Waals surface area contributed by atoms with Gasteiger partial charge in [0.1, 0.15) is 0 Å². The zero-order valence-electron chi connectivity index (χ0n) is 80.0. The number of hydrogen-bond donors (Lipinski definition) is 0. The lowest BCUT2D eigenvalue weighted by Gasteiger charge is -2.26. The summed E-state index contributed by atoms with van der Waals surface area (Å²) in [4.78, 5) is 7.10. The molecule has 684 valence electrons. The maximum atomic E-state index is 2.43. The van der Waals surface area contributed by atoms with E-state index in [1.54, 1.807) is 0 Å². The number of rotatable bonds is 18. The SMILES string of the molecule is c1ccc(-c2ccc(N(c3ccc(-c4ccc5ccccc5c4)cc3)c3cccc(-n4c5cccc6ccc7cccc4c7c65)c3)cc2)cc1.c1ccc(-c2ccc(N(c3ccc(-c4cccc5ccccc45)cc3)c3cccc(-n4c5cccc6ccc7cccc4c7c65)c3)cc2)cc1.c1ccc(-c2ccc(N(c3ccc(-c4ccccc4)cc3)c3cccc(-n4c5cccc6ccc7cccc4c7c65)c3)cc2)cc1. The Morgan fingerprint density at radius 3 is 0.630 bits per heavy atom. The molecule has 0 spiro atoms. The van der Waals surface area contributed by atoms with Crippen LogP contribution in [-0.4, -0.2) is 13.7 Å². The van der Waals surface area contributed by atoms with Gasteiger partial charge < -0.3 is 28.4 Å². The smallest absolute Gasteiger partial charge is 0.0547 e. The molecule has 0 aliphatic carbocycles. The third-order valence-corrected chi connectivity index (χ3v) is 29.4. The number of fused-ring (bicyclic) bond motifs is 2. The molecule has 3 heterocycles. The molecule has 0 atom stereocenters. The normalized spacial score (nSPS) is 11.6. The highest BCUT2D eigenvalue weighted by atomic mass is 15.2. The van der Waals surface area contributed by atoms with E-state index in [2.05, 4.69) is 599 Å². The van der Waals surface area contributed by atoms with E-state index in [0.29, 0.717) is 0 Å². The molecular weight excluding hydrogens is 1770 g/mol. The van der Waals surface area contributed by atoms with E-state index in [0.717, 1.165) is 68.2 Å². The van der Waals surface area contributed by atoms with Crippen molar-refractivity contribution in [3.05, 3.63) is 570 Å². The molecule has 0 radical (unpaired) electrons. The van der Waals surface area contributed by atoms with E-state index in [-0.39, 0.29) is 0 Å². The average molecular weight is 1860 g/mol. The van der Waals surface area contributed by atoms with Crippen LogP contribution < -0.4 is 14.7 Å². The Kier molecular flexibility index (Phi) is 21.5. The Bertz CT molecular complexity index is 9530. The highest BCUT2D eigenvalue weighted by Gasteiger charge is 2.26. The molecule has 26 aromatic carbocycles. The topological polar surface area (TPSA) is 24.5 Å². The summed E-state index contributed by atoms with van der Waals surface area (Å²) < 4.78 is 7.27. The number of benzene rings is 26. The Hall–Kier alpha value is -19.4. The Morgan fingerprint density at radius 1 is 0.116 bits per heavy atom. The minimum atomic E-state index is 1.10. The second kappa shape index (κ2) is 36.7.